The summed E-state index contributed by atoms with van der Waals surface area (Å²) in [4.78, 5) is 34.3. The van der Waals surface area contributed by atoms with Crippen molar-refractivity contribution in [3.8, 4) is 0 Å². The second kappa shape index (κ2) is 8.66. The molecule has 0 aromatic carbocycles. The largest absolute Gasteiger partial charge is 0.467 e. The van der Waals surface area contributed by atoms with E-state index in [0.29, 0.717) is 19.3 Å². The summed E-state index contributed by atoms with van der Waals surface area (Å²) in [5.41, 5.74) is 0. The van der Waals surface area contributed by atoms with Gasteiger partial charge < -0.3 is 10.1 Å². The first-order valence-corrected chi connectivity index (χ1v) is 6.29. The van der Waals surface area contributed by atoms with E-state index >= 15 is 0 Å². The summed E-state index contributed by atoms with van der Waals surface area (Å²) >= 11 is 0. The lowest BCUT2D eigenvalue weighted by molar-refractivity contribution is -0.145. The van der Waals surface area contributed by atoms with Crippen molar-refractivity contribution < 1.29 is 19.1 Å². The average Bonchev–Trinajstić information content (AvgIpc) is 2.31. The summed E-state index contributed by atoms with van der Waals surface area (Å²) in [7, 11) is 1.27. The van der Waals surface area contributed by atoms with Crippen LogP contribution in [0.25, 0.3) is 0 Å². The number of Topliss-reactive ketones (excluding diaryl/α,β-unsaturated/α-hetero) is 1. The van der Waals surface area contributed by atoms with E-state index in [-0.39, 0.29) is 24.0 Å². The third-order valence-corrected chi connectivity index (χ3v) is 2.52. The van der Waals surface area contributed by atoms with Gasteiger partial charge in [-0.15, -0.1) is 0 Å². The number of carbonyl (C=O) groups is 3. The molecule has 5 heteroatoms. The first-order chi connectivity index (χ1) is 8.40. The highest BCUT2D eigenvalue weighted by atomic mass is 16.5. The lowest BCUT2D eigenvalue weighted by Gasteiger charge is -2.16. The van der Waals surface area contributed by atoms with Gasteiger partial charge in [-0.3, -0.25) is 9.59 Å². The van der Waals surface area contributed by atoms with Gasteiger partial charge in [-0.25, -0.2) is 4.79 Å². The van der Waals surface area contributed by atoms with E-state index in [4.69, 9.17) is 0 Å². The molecule has 0 rings (SSSR count). The molecule has 0 spiro atoms. The quantitative estimate of drug-likeness (QED) is 0.668. The molecule has 0 aliphatic carbocycles. The Morgan fingerprint density at radius 2 is 1.83 bits per heavy atom. The number of rotatable bonds is 8. The maximum Gasteiger partial charge on any atom is 0.328 e. The molecule has 0 bridgehead atoms. The Hall–Kier alpha value is -1.39. The van der Waals surface area contributed by atoms with Crippen LogP contribution in [0, 0.1) is 5.92 Å². The molecule has 0 aromatic rings. The number of hydrogen-bond donors (Lipinski definition) is 1. The first-order valence-electron chi connectivity index (χ1n) is 6.29. The molecule has 0 saturated heterocycles. The van der Waals surface area contributed by atoms with Gasteiger partial charge in [0, 0.05) is 19.3 Å². The fourth-order valence-electron chi connectivity index (χ4n) is 1.50. The predicted molar refractivity (Wildman–Crippen MR) is 67.9 cm³/mol. The van der Waals surface area contributed by atoms with Gasteiger partial charge in [0.1, 0.15) is 11.8 Å². The van der Waals surface area contributed by atoms with Gasteiger partial charge in [0.25, 0.3) is 0 Å². The SMILES string of the molecule is CCC(=O)CC[C@H](NC(=O)CC(C)C)C(=O)OC. The van der Waals surface area contributed by atoms with Crippen molar-refractivity contribution in [1.29, 1.82) is 0 Å². The van der Waals surface area contributed by atoms with E-state index in [9.17, 15) is 14.4 Å². The summed E-state index contributed by atoms with van der Waals surface area (Å²) in [6, 6.07) is -0.725. The Labute approximate surface area is 108 Å². The van der Waals surface area contributed by atoms with Gasteiger partial charge in [0.05, 0.1) is 7.11 Å². The Balaban J connectivity index is 4.36. The minimum absolute atomic E-state index is 0.0713. The van der Waals surface area contributed by atoms with Crippen molar-refractivity contribution >= 4 is 17.7 Å². The highest BCUT2D eigenvalue weighted by molar-refractivity contribution is 5.85. The number of hydrogen-bond acceptors (Lipinski definition) is 4. The lowest BCUT2D eigenvalue weighted by atomic mass is 10.1. The zero-order valence-electron chi connectivity index (χ0n) is 11.6. The molecule has 1 atom stereocenters. The summed E-state index contributed by atoms with van der Waals surface area (Å²) in [6.45, 7) is 5.62. The Bertz CT molecular complexity index is 299. The zero-order valence-corrected chi connectivity index (χ0v) is 11.6. The van der Waals surface area contributed by atoms with Crippen LogP contribution in [0.5, 0.6) is 0 Å². The van der Waals surface area contributed by atoms with Crippen molar-refractivity contribution in [1.82, 2.24) is 5.32 Å². The molecule has 18 heavy (non-hydrogen) atoms. The molecule has 0 aromatic heterocycles. The molecule has 0 saturated carbocycles. The van der Waals surface area contributed by atoms with Gasteiger partial charge in [-0.1, -0.05) is 20.8 Å². The summed E-state index contributed by atoms with van der Waals surface area (Å²) in [5.74, 6) is -0.400. The molecule has 0 radical (unpaired) electrons. The zero-order chi connectivity index (χ0) is 14.1. The van der Waals surface area contributed by atoms with Crippen molar-refractivity contribution in [2.75, 3.05) is 7.11 Å². The minimum Gasteiger partial charge on any atom is -0.467 e. The second-order valence-corrected chi connectivity index (χ2v) is 4.67. The minimum atomic E-state index is -0.725. The monoisotopic (exact) mass is 257 g/mol. The van der Waals surface area contributed by atoms with Crippen LogP contribution in [-0.4, -0.2) is 30.8 Å². The van der Waals surface area contributed by atoms with E-state index in [1.807, 2.05) is 13.8 Å². The highest BCUT2D eigenvalue weighted by Gasteiger charge is 2.22. The molecule has 0 heterocycles. The van der Waals surface area contributed by atoms with Crippen LogP contribution < -0.4 is 5.32 Å². The van der Waals surface area contributed by atoms with Gasteiger partial charge in [0.15, 0.2) is 0 Å². The number of carbonyl (C=O) groups excluding carboxylic acids is 3. The molecular weight excluding hydrogens is 234 g/mol. The smallest absolute Gasteiger partial charge is 0.328 e. The summed E-state index contributed by atoms with van der Waals surface area (Å²) in [5, 5.41) is 2.61. The number of nitrogens with one attached hydrogen (secondary N) is 1. The Morgan fingerprint density at radius 1 is 1.22 bits per heavy atom. The molecular formula is C13H23NO4. The van der Waals surface area contributed by atoms with E-state index in [1.54, 1.807) is 6.92 Å². The van der Waals surface area contributed by atoms with Crippen LogP contribution in [0.1, 0.15) is 46.5 Å². The Morgan fingerprint density at radius 3 is 2.28 bits per heavy atom. The highest BCUT2D eigenvalue weighted by Crippen LogP contribution is 2.05. The fourth-order valence-corrected chi connectivity index (χ4v) is 1.50. The average molecular weight is 257 g/mol. The summed E-state index contributed by atoms with van der Waals surface area (Å²) < 4.78 is 4.62. The van der Waals surface area contributed by atoms with Crippen molar-refractivity contribution in [3.63, 3.8) is 0 Å². The van der Waals surface area contributed by atoms with E-state index in [2.05, 4.69) is 10.1 Å². The predicted octanol–water partition coefficient (Wildman–Crippen LogP) is 1.45. The fraction of sp³-hybridized carbons (Fsp3) is 0.769. The first kappa shape index (κ1) is 16.6. The van der Waals surface area contributed by atoms with E-state index in [0.717, 1.165) is 0 Å². The van der Waals surface area contributed by atoms with E-state index < -0.39 is 12.0 Å². The molecule has 104 valence electrons. The molecule has 0 aliphatic heterocycles. The van der Waals surface area contributed by atoms with Crippen molar-refractivity contribution in [2.45, 2.75) is 52.5 Å². The number of ketones is 1. The number of methoxy groups -OCH3 is 1. The maximum absolute atomic E-state index is 11.6. The van der Waals surface area contributed by atoms with Gasteiger partial charge in [-0.2, -0.15) is 0 Å². The van der Waals surface area contributed by atoms with Crippen LogP contribution in [0.2, 0.25) is 0 Å². The van der Waals surface area contributed by atoms with Gasteiger partial charge in [0.2, 0.25) is 5.91 Å². The van der Waals surface area contributed by atoms with Crippen molar-refractivity contribution in [3.05, 3.63) is 0 Å². The third-order valence-electron chi connectivity index (χ3n) is 2.52. The van der Waals surface area contributed by atoms with Gasteiger partial charge >= 0.3 is 5.97 Å². The van der Waals surface area contributed by atoms with Crippen molar-refractivity contribution in [2.24, 2.45) is 5.92 Å². The molecule has 0 unspecified atom stereocenters. The second-order valence-electron chi connectivity index (χ2n) is 4.67. The van der Waals surface area contributed by atoms with Crippen LogP contribution in [-0.2, 0) is 19.1 Å². The normalized spacial score (nSPS) is 12.1. The Kier molecular flexibility index (Phi) is 8.00. The number of esters is 1. The molecule has 5 nitrogen and oxygen atoms in total. The number of amides is 1. The topological polar surface area (TPSA) is 72.5 Å². The van der Waals surface area contributed by atoms with Gasteiger partial charge in [-0.05, 0) is 12.3 Å². The standard InChI is InChI=1S/C13H23NO4/c1-5-10(15)6-7-11(13(17)18-4)14-12(16)8-9(2)3/h9,11H,5-8H2,1-4H3,(H,14,16)/t11-/m0/s1. The van der Waals surface area contributed by atoms with Crippen LogP contribution in [0.15, 0.2) is 0 Å². The molecule has 1 amide bonds. The van der Waals surface area contributed by atoms with E-state index in [1.165, 1.54) is 7.11 Å². The molecule has 1 N–H and O–H groups in total. The maximum atomic E-state index is 11.6. The van der Waals surface area contributed by atoms with Crippen LogP contribution in [0.4, 0.5) is 0 Å². The molecule has 0 fully saturated rings. The molecule has 0 aliphatic rings. The van der Waals surface area contributed by atoms with Crippen LogP contribution in [0.3, 0.4) is 0 Å². The van der Waals surface area contributed by atoms with Crippen LogP contribution >= 0.6 is 0 Å². The number of ether oxygens (including phenoxy) is 1. The summed E-state index contributed by atoms with van der Waals surface area (Å²) in [6.07, 6.45) is 1.37. The lowest BCUT2D eigenvalue weighted by Crippen LogP contribution is -2.42. The third kappa shape index (κ3) is 7.04.